The molecule has 2 saturated heterocycles. The van der Waals surface area contributed by atoms with Crippen molar-refractivity contribution in [1.29, 1.82) is 0 Å². The van der Waals surface area contributed by atoms with Gasteiger partial charge in [-0.2, -0.15) is 0 Å². The van der Waals surface area contributed by atoms with Crippen LogP contribution in [0.2, 0.25) is 0 Å². The average Bonchev–Trinajstić information content (AvgIpc) is 2.29. The van der Waals surface area contributed by atoms with Crippen LogP contribution in [-0.2, 0) is 14.9 Å². The van der Waals surface area contributed by atoms with Crippen LogP contribution in [0.5, 0.6) is 0 Å². The summed E-state index contributed by atoms with van der Waals surface area (Å²) in [5.74, 6) is -0.197. The third-order valence-electron chi connectivity index (χ3n) is 3.66. The molecule has 1 unspecified atom stereocenters. The summed E-state index contributed by atoms with van der Waals surface area (Å²) in [4.78, 5) is 0. The summed E-state index contributed by atoms with van der Waals surface area (Å²) < 4.78 is 24.5. The zero-order chi connectivity index (χ0) is 11.7. The van der Waals surface area contributed by atoms with Crippen molar-refractivity contribution in [2.45, 2.75) is 11.5 Å². The summed E-state index contributed by atoms with van der Waals surface area (Å²) in [6.45, 7) is 3.63. The van der Waals surface area contributed by atoms with E-state index >= 15 is 0 Å². The molecule has 3 nitrogen and oxygen atoms in total. The summed E-state index contributed by atoms with van der Waals surface area (Å²) in [6.07, 6.45) is 0.0757. The Morgan fingerprint density at radius 2 is 2.24 bits per heavy atom. The van der Waals surface area contributed by atoms with Gasteiger partial charge in [0.2, 0.25) is 0 Å². The minimum absolute atomic E-state index is 0.0757. The van der Waals surface area contributed by atoms with Crippen molar-refractivity contribution in [3.05, 3.63) is 35.6 Å². The highest BCUT2D eigenvalue weighted by molar-refractivity contribution is 5.31. The normalized spacial score (nSPS) is 27.5. The van der Waals surface area contributed by atoms with Gasteiger partial charge in [-0.25, -0.2) is 4.39 Å². The molecular weight excluding hydrogens is 221 g/mol. The third-order valence-corrected chi connectivity index (χ3v) is 3.66. The van der Waals surface area contributed by atoms with E-state index in [1.54, 1.807) is 12.1 Å². The van der Waals surface area contributed by atoms with Gasteiger partial charge in [0.1, 0.15) is 5.82 Å². The van der Waals surface area contributed by atoms with Crippen molar-refractivity contribution in [2.24, 2.45) is 0 Å². The monoisotopic (exact) mass is 237 g/mol. The maximum atomic E-state index is 13.3. The standard InChI is InChI=1S/C13H16FNO2/c14-11-3-1-2-10(6-11)13(8-16-9-13)12-7-15-4-5-17-12/h1-3,6,12,15H,4-5,7-9H2. The molecule has 0 aliphatic carbocycles. The lowest BCUT2D eigenvalue weighted by Crippen LogP contribution is -2.61. The van der Waals surface area contributed by atoms with Crippen LogP contribution in [0.25, 0.3) is 0 Å². The average molecular weight is 237 g/mol. The van der Waals surface area contributed by atoms with Crippen molar-refractivity contribution in [3.8, 4) is 0 Å². The van der Waals surface area contributed by atoms with E-state index in [0.717, 1.165) is 18.7 Å². The fraction of sp³-hybridized carbons (Fsp3) is 0.538. The van der Waals surface area contributed by atoms with Crippen molar-refractivity contribution in [3.63, 3.8) is 0 Å². The van der Waals surface area contributed by atoms with E-state index in [-0.39, 0.29) is 17.3 Å². The first-order valence-electron chi connectivity index (χ1n) is 5.97. The van der Waals surface area contributed by atoms with E-state index in [2.05, 4.69) is 5.32 Å². The second kappa shape index (κ2) is 4.37. The summed E-state index contributed by atoms with van der Waals surface area (Å²) in [5.41, 5.74) is 0.813. The molecule has 1 aromatic rings. The molecule has 17 heavy (non-hydrogen) atoms. The first-order chi connectivity index (χ1) is 8.31. The zero-order valence-corrected chi connectivity index (χ0v) is 9.62. The van der Waals surface area contributed by atoms with Gasteiger partial charge < -0.3 is 14.8 Å². The zero-order valence-electron chi connectivity index (χ0n) is 9.62. The highest BCUT2D eigenvalue weighted by atomic mass is 19.1. The Balaban J connectivity index is 1.90. The lowest BCUT2D eigenvalue weighted by Gasteiger charge is -2.48. The Morgan fingerprint density at radius 3 is 2.82 bits per heavy atom. The van der Waals surface area contributed by atoms with Gasteiger partial charge in [0.15, 0.2) is 0 Å². The van der Waals surface area contributed by atoms with E-state index in [0.29, 0.717) is 19.8 Å². The van der Waals surface area contributed by atoms with Crippen LogP contribution in [0.1, 0.15) is 5.56 Å². The number of halogens is 1. The van der Waals surface area contributed by atoms with E-state index in [1.807, 2.05) is 6.07 Å². The topological polar surface area (TPSA) is 30.5 Å². The minimum atomic E-state index is -0.197. The van der Waals surface area contributed by atoms with Crippen LogP contribution in [0.15, 0.2) is 24.3 Å². The molecular formula is C13H16FNO2. The maximum absolute atomic E-state index is 13.3. The molecule has 4 heteroatoms. The summed E-state index contributed by atoms with van der Waals surface area (Å²) in [5, 5.41) is 3.32. The summed E-state index contributed by atoms with van der Waals surface area (Å²) in [6, 6.07) is 6.78. The van der Waals surface area contributed by atoms with Gasteiger partial charge in [0.05, 0.1) is 31.3 Å². The molecule has 2 fully saturated rings. The fourth-order valence-corrected chi connectivity index (χ4v) is 2.58. The smallest absolute Gasteiger partial charge is 0.123 e. The van der Waals surface area contributed by atoms with Gasteiger partial charge in [0.25, 0.3) is 0 Å². The second-order valence-electron chi connectivity index (χ2n) is 4.72. The molecule has 0 saturated carbocycles. The van der Waals surface area contributed by atoms with E-state index < -0.39 is 0 Å². The molecule has 0 amide bonds. The van der Waals surface area contributed by atoms with Crippen LogP contribution in [0.4, 0.5) is 4.39 Å². The van der Waals surface area contributed by atoms with E-state index in [4.69, 9.17) is 9.47 Å². The van der Waals surface area contributed by atoms with Crippen molar-refractivity contribution >= 4 is 0 Å². The molecule has 92 valence electrons. The number of hydrogen-bond acceptors (Lipinski definition) is 3. The number of benzene rings is 1. The largest absolute Gasteiger partial charge is 0.379 e. The molecule has 0 aromatic heterocycles. The summed E-state index contributed by atoms with van der Waals surface area (Å²) >= 11 is 0. The molecule has 2 heterocycles. The Bertz CT molecular complexity index is 400. The molecule has 2 aliphatic heterocycles. The first kappa shape index (κ1) is 11.1. The lowest BCUT2D eigenvalue weighted by atomic mass is 9.73. The maximum Gasteiger partial charge on any atom is 0.123 e. The molecule has 1 atom stereocenters. The Morgan fingerprint density at radius 1 is 1.35 bits per heavy atom. The Labute approximate surface area is 99.9 Å². The third kappa shape index (κ3) is 1.86. The molecule has 0 spiro atoms. The SMILES string of the molecule is Fc1cccc(C2(C3CNCCO3)COC2)c1. The van der Waals surface area contributed by atoms with Gasteiger partial charge in [-0.1, -0.05) is 12.1 Å². The molecule has 2 aliphatic rings. The minimum Gasteiger partial charge on any atom is -0.379 e. The lowest BCUT2D eigenvalue weighted by molar-refractivity contribution is -0.146. The number of ether oxygens (including phenoxy) is 2. The van der Waals surface area contributed by atoms with Crippen LogP contribution >= 0.6 is 0 Å². The van der Waals surface area contributed by atoms with E-state index in [9.17, 15) is 4.39 Å². The number of rotatable bonds is 2. The molecule has 3 rings (SSSR count). The van der Waals surface area contributed by atoms with Crippen LogP contribution in [-0.4, -0.2) is 39.0 Å². The predicted molar refractivity (Wildman–Crippen MR) is 61.5 cm³/mol. The van der Waals surface area contributed by atoms with Gasteiger partial charge in [-0.05, 0) is 17.7 Å². The second-order valence-corrected chi connectivity index (χ2v) is 4.72. The van der Waals surface area contributed by atoms with Crippen molar-refractivity contribution < 1.29 is 13.9 Å². The van der Waals surface area contributed by atoms with Gasteiger partial charge in [0, 0.05) is 13.1 Å². The van der Waals surface area contributed by atoms with Gasteiger partial charge >= 0.3 is 0 Å². The fourth-order valence-electron chi connectivity index (χ4n) is 2.58. The van der Waals surface area contributed by atoms with E-state index in [1.165, 1.54) is 6.07 Å². The quantitative estimate of drug-likeness (QED) is 0.835. The Hall–Kier alpha value is -0.970. The molecule has 1 N–H and O–H groups in total. The van der Waals surface area contributed by atoms with Gasteiger partial charge in [-0.15, -0.1) is 0 Å². The van der Waals surface area contributed by atoms with Crippen molar-refractivity contribution in [1.82, 2.24) is 5.32 Å². The van der Waals surface area contributed by atoms with Gasteiger partial charge in [-0.3, -0.25) is 0 Å². The predicted octanol–water partition coefficient (Wildman–Crippen LogP) is 1.08. The number of hydrogen-bond donors (Lipinski definition) is 1. The van der Waals surface area contributed by atoms with Crippen LogP contribution in [0.3, 0.4) is 0 Å². The molecule has 0 radical (unpaired) electrons. The van der Waals surface area contributed by atoms with Crippen LogP contribution in [0, 0.1) is 5.82 Å². The molecule has 1 aromatic carbocycles. The number of morpholine rings is 1. The summed E-state index contributed by atoms with van der Waals surface area (Å²) in [7, 11) is 0. The highest BCUT2D eigenvalue weighted by Gasteiger charge is 2.48. The first-order valence-corrected chi connectivity index (χ1v) is 5.97. The van der Waals surface area contributed by atoms with Crippen LogP contribution < -0.4 is 5.32 Å². The Kier molecular flexibility index (Phi) is 2.86. The van der Waals surface area contributed by atoms with Crippen molar-refractivity contribution in [2.75, 3.05) is 32.9 Å². The molecule has 0 bridgehead atoms. The number of nitrogens with one attached hydrogen (secondary N) is 1. The highest BCUT2D eigenvalue weighted by Crippen LogP contribution is 2.38.